The van der Waals surface area contributed by atoms with Crippen LogP contribution in [0.5, 0.6) is 11.5 Å². The number of benzene rings is 4. The van der Waals surface area contributed by atoms with Gasteiger partial charge in [-0.25, -0.2) is 9.18 Å². The Bertz CT molecular complexity index is 1750. The zero-order valence-corrected chi connectivity index (χ0v) is 26.3. The fourth-order valence-electron chi connectivity index (χ4n) is 4.30. The van der Waals surface area contributed by atoms with Gasteiger partial charge < -0.3 is 31.1 Å². The zero-order chi connectivity index (χ0) is 36.0. The van der Waals surface area contributed by atoms with E-state index in [-0.39, 0.29) is 43.7 Å². The van der Waals surface area contributed by atoms with Gasteiger partial charge in [-0.15, -0.1) is 0 Å². The molecule has 0 heterocycles. The molecule has 5 N–H and O–H groups in total. The van der Waals surface area contributed by atoms with E-state index in [9.17, 15) is 31.9 Å². The minimum Gasteiger partial charge on any atom is -0.475 e. The minimum atomic E-state index is -5.08. The Morgan fingerprint density at radius 1 is 0.857 bits per heavy atom. The summed E-state index contributed by atoms with van der Waals surface area (Å²) in [7, 11) is 0. The minimum absolute atomic E-state index is 0.0304. The molecule has 0 unspecified atom stereocenters. The van der Waals surface area contributed by atoms with Crippen LogP contribution >= 0.6 is 0 Å². The van der Waals surface area contributed by atoms with Gasteiger partial charge in [0.25, 0.3) is 0 Å². The Labute approximate surface area is 279 Å². The zero-order valence-electron chi connectivity index (χ0n) is 26.3. The average Bonchev–Trinajstić information content (AvgIpc) is 3.06. The van der Waals surface area contributed by atoms with Crippen molar-refractivity contribution in [3.63, 3.8) is 0 Å². The van der Waals surface area contributed by atoms with Crippen molar-refractivity contribution in [2.24, 2.45) is 5.73 Å². The van der Waals surface area contributed by atoms with Gasteiger partial charge in [0.1, 0.15) is 11.6 Å². The predicted octanol–water partition coefficient (Wildman–Crippen LogP) is 6.30. The number of hydrogen-bond acceptors (Lipinski definition) is 6. The average molecular weight is 683 g/mol. The second-order valence-electron chi connectivity index (χ2n) is 10.5. The van der Waals surface area contributed by atoms with Gasteiger partial charge in [0.15, 0.2) is 5.75 Å². The molecule has 0 aromatic heterocycles. The highest BCUT2D eigenvalue weighted by Crippen LogP contribution is 2.34. The van der Waals surface area contributed by atoms with E-state index in [2.05, 4.69) is 10.6 Å². The monoisotopic (exact) mass is 682 g/mol. The molecule has 0 aliphatic rings. The van der Waals surface area contributed by atoms with Crippen molar-refractivity contribution in [1.29, 1.82) is 0 Å². The molecule has 3 amide bonds. The van der Waals surface area contributed by atoms with E-state index < -0.39 is 18.0 Å². The first-order valence-corrected chi connectivity index (χ1v) is 14.8. The third kappa shape index (κ3) is 12.4. The van der Waals surface area contributed by atoms with Gasteiger partial charge in [0.2, 0.25) is 17.7 Å². The largest absolute Gasteiger partial charge is 0.490 e. The molecule has 4 rings (SSSR count). The van der Waals surface area contributed by atoms with Gasteiger partial charge in [-0.05, 0) is 53.6 Å². The van der Waals surface area contributed by atoms with Crippen LogP contribution in [0.1, 0.15) is 36.5 Å². The summed E-state index contributed by atoms with van der Waals surface area (Å²) in [6, 6.07) is 27.9. The Morgan fingerprint density at radius 2 is 1.51 bits per heavy atom. The number of carbonyl (C=O) groups is 4. The molecule has 4 aromatic rings. The highest BCUT2D eigenvalue weighted by Gasteiger charge is 2.38. The number of nitrogens with zero attached hydrogens (tertiary/aromatic N) is 1. The topological polar surface area (TPSA) is 151 Å². The second kappa shape index (κ2) is 18.0. The van der Waals surface area contributed by atoms with E-state index in [1.165, 1.54) is 13.0 Å². The smallest absolute Gasteiger partial charge is 0.475 e. The number of ether oxygens (including phenoxy) is 1. The van der Waals surface area contributed by atoms with Crippen molar-refractivity contribution in [2.45, 2.75) is 45.6 Å². The number of aliphatic carboxylic acids is 1. The van der Waals surface area contributed by atoms with Crippen LogP contribution < -0.4 is 26.0 Å². The maximum atomic E-state index is 13.9. The number of para-hydroxylation sites is 2. The van der Waals surface area contributed by atoms with Crippen LogP contribution in [0, 0.1) is 5.82 Å². The number of anilines is 2. The molecular weight excluding hydrogens is 648 g/mol. The van der Waals surface area contributed by atoms with Crippen LogP contribution in [0.25, 0.3) is 0 Å². The van der Waals surface area contributed by atoms with Crippen molar-refractivity contribution >= 4 is 35.1 Å². The number of nitrogens with two attached hydrogens (primary N) is 1. The Morgan fingerprint density at radius 3 is 2.14 bits per heavy atom. The summed E-state index contributed by atoms with van der Waals surface area (Å²) in [5, 5.41) is 12.5. The number of carbonyl (C=O) groups excluding carboxylic acids is 3. The molecule has 0 saturated carbocycles. The lowest BCUT2D eigenvalue weighted by molar-refractivity contribution is -0.192. The van der Waals surface area contributed by atoms with Gasteiger partial charge in [-0.2, -0.15) is 13.2 Å². The summed E-state index contributed by atoms with van der Waals surface area (Å²) >= 11 is 0. The summed E-state index contributed by atoms with van der Waals surface area (Å²) < 4.78 is 51.9. The van der Waals surface area contributed by atoms with Gasteiger partial charge in [-0.1, -0.05) is 54.6 Å². The number of rotatable bonds is 12. The first-order chi connectivity index (χ1) is 23.3. The van der Waals surface area contributed by atoms with E-state index in [1.54, 1.807) is 53.4 Å². The summed E-state index contributed by atoms with van der Waals surface area (Å²) in [4.78, 5) is 48.1. The molecule has 14 heteroatoms. The molecule has 10 nitrogen and oxygen atoms in total. The Balaban J connectivity index is 0.000000838. The number of halogens is 4. The van der Waals surface area contributed by atoms with Crippen LogP contribution in [0.3, 0.4) is 0 Å². The molecule has 49 heavy (non-hydrogen) atoms. The molecule has 0 radical (unpaired) electrons. The SMILES string of the molecule is CC(=O)Nc1ccc(CN(C(=O)CCC(=O)NCc2ccccc2F)c2ccccc2Oc2cccc(CN)c2)cc1.O=C(O)C(F)(F)F. The summed E-state index contributed by atoms with van der Waals surface area (Å²) in [6.07, 6.45) is -5.24. The van der Waals surface area contributed by atoms with Gasteiger partial charge in [-0.3, -0.25) is 14.4 Å². The summed E-state index contributed by atoms with van der Waals surface area (Å²) in [5.41, 5.74) is 9.03. The molecule has 0 bridgehead atoms. The first kappa shape index (κ1) is 37.7. The van der Waals surface area contributed by atoms with Gasteiger partial charge in [0.05, 0.1) is 12.2 Å². The second-order valence-corrected chi connectivity index (χ2v) is 10.5. The quantitative estimate of drug-likeness (QED) is 0.128. The fourth-order valence-corrected chi connectivity index (χ4v) is 4.30. The summed E-state index contributed by atoms with van der Waals surface area (Å²) in [5.74, 6) is -2.98. The number of nitrogens with one attached hydrogen (secondary N) is 2. The molecule has 0 aliphatic carbocycles. The van der Waals surface area contributed by atoms with Crippen molar-refractivity contribution in [1.82, 2.24) is 5.32 Å². The third-order valence-electron chi connectivity index (χ3n) is 6.68. The molecule has 4 aromatic carbocycles. The maximum absolute atomic E-state index is 13.9. The molecular formula is C35H34F4N4O6. The lowest BCUT2D eigenvalue weighted by Gasteiger charge is -2.25. The first-order valence-electron chi connectivity index (χ1n) is 14.8. The predicted molar refractivity (Wildman–Crippen MR) is 174 cm³/mol. The van der Waals surface area contributed by atoms with E-state index in [4.69, 9.17) is 20.4 Å². The number of amides is 3. The number of hydrogen-bond donors (Lipinski definition) is 4. The van der Waals surface area contributed by atoms with Crippen molar-refractivity contribution in [3.8, 4) is 11.5 Å². The normalized spacial score (nSPS) is 10.7. The highest BCUT2D eigenvalue weighted by molar-refractivity contribution is 5.96. The lowest BCUT2D eigenvalue weighted by Crippen LogP contribution is -2.32. The molecule has 0 atom stereocenters. The van der Waals surface area contributed by atoms with Crippen LogP contribution in [0.2, 0.25) is 0 Å². The molecule has 0 spiro atoms. The lowest BCUT2D eigenvalue weighted by atomic mass is 10.1. The fraction of sp³-hybridized carbons (Fsp3) is 0.200. The molecule has 0 fully saturated rings. The van der Waals surface area contributed by atoms with Crippen LogP contribution in [-0.4, -0.2) is 35.0 Å². The van der Waals surface area contributed by atoms with Crippen molar-refractivity contribution in [2.75, 3.05) is 10.2 Å². The molecule has 258 valence electrons. The summed E-state index contributed by atoms with van der Waals surface area (Å²) in [6.45, 7) is 2.01. The van der Waals surface area contributed by atoms with Crippen molar-refractivity contribution < 1.29 is 46.6 Å². The molecule has 0 aliphatic heterocycles. The Kier molecular flexibility index (Phi) is 13.8. The number of carboxylic acid groups (broad SMARTS) is 1. The maximum Gasteiger partial charge on any atom is 0.490 e. The van der Waals surface area contributed by atoms with E-state index in [1.807, 2.05) is 42.5 Å². The van der Waals surface area contributed by atoms with E-state index in [0.29, 0.717) is 35.0 Å². The van der Waals surface area contributed by atoms with E-state index in [0.717, 1.165) is 11.1 Å². The van der Waals surface area contributed by atoms with Crippen LogP contribution in [-0.2, 0) is 38.8 Å². The third-order valence-corrected chi connectivity index (χ3v) is 6.68. The number of alkyl halides is 3. The van der Waals surface area contributed by atoms with Crippen LogP contribution in [0.4, 0.5) is 28.9 Å². The highest BCUT2D eigenvalue weighted by atomic mass is 19.4. The van der Waals surface area contributed by atoms with Gasteiger partial charge in [0, 0.05) is 44.1 Å². The van der Waals surface area contributed by atoms with E-state index >= 15 is 0 Å². The standard InChI is InChI=1S/C33H33FN4O4.C2HF3O2/c1-23(39)37-27-15-13-24(14-16-27)22-38(33(41)18-17-32(40)36-21-26-8-2-3-10-29(26)34)30-11-4-5-12-31(30)42-28-9-6-7-25(19-28)20-35;3-2(4,5)1(6)7/h2-16,19H,17-18,20-22,35H2,1H3,(H,36,40)(H,37,39);(H,6,7). The Hall–Kier alpha value is -5.76. The number of carboxylic acids is 1. The van der Waals surface area contributed by atoms with Crippen LogP contribution in [0.15, 0.2) is 97.1 Å². The van der Waals surface area contributed by atoms with Crippen molar-refractivity contribution in [3.05, 3.63) is 120 Å². The van der Waals surface area contributed by atoms with Gasteiger partial charge >= 0.3 is 12.1 Å². The molecule has 0 saturated heterocycles.